The van der Waals surface area contributed by atoms with Crippen molar-refractivity contribution in [1.82, 2.24) is 0 Å². The van der Waals surface area contributed by atoms with E-state index >= 15 is 0 Å². The predicted molar refractivity (Wildman–Crippen MR) is 111 cm³/mol. The summed E-state index contributed by atoms with van der Waals surface area (Å²) in [5.41, 5.74) is -1.17. The molecule has 0 fully saturated rings. The molecule has 1 N–H and O–H groups in total. The summed E-state index contributed by atoms with van der Waals surface area (Å²) >= 11 is 5.71. The Labute approximate surface area is 184 Å². The zero-order valence-corrected chi connectivity index (χ0v) is 16.8. The van der Waals surface area contributed by atoms with Gasteiger partial charge in [-0.2, -0.15) is 13.2 Å². The summed E-state index contributed by atoms with van der Waals surface area (Å²) in [5, 5.41) is 12.8. The highest BCUT2D eigenvalue weighted by Crippen LogP contribution is 2.38. The monoisotopic (exact) mass is 466 g/mol. The Balaban J connectivity index is 0.000000336. The van der Waals surface area contributed by atoms with Crippen LogP contribution in [0.3, 0.4) is 0 Å². The lowest BCUT2D eigenvalue weighted by atomic mass is 10.1. The van der Waals surface area contributed by atoms with Crippen LogP contribution in [0.1, 0.15) is 15.9 Å². The van der Waals surface area contributed by atoms with Crippen LogP contribution in [0.25, 0.3) is 0 Å². The number of carbonyl (C=O) groups is 2. The number of ether oxygens (including phenoxy) is 1. The number of halogens is 4. The van der Waals surface area contributed by atoms with Crippen molar-refractivity contribution in [2.75, 3.05) is 5.32 Å². The number of para-hydroxylation sites is 2. The summed E-state index contributed by atoms with van der Waals surface area (Å²) in [6.07, 6.45) is -4.77. The van der Waals surface area contributed by atoms with Gasteiger partial charge in [0.2, 0.25) is 0 Å². The zero-order chi connectivity index (χ0) is 23.7. The van der Waals surface area contributed by atoms with Crippen LogP contribution in [0, 0.1) is 10.1 Å². The second-order valence-corrected chi connectivity index (χ2v) is 6.38. The van der Waals surface area contributed by atoms with Gasteiger partial charge in [-0.05, 0) is 36.4 Å². The number of hydrogen-bond acceptors (Lipinski definition) is 5. The lowest BCUT2D eigenvalue weighted by molar-refractivity contribution is -0.384. The van der Waals surface area contributed by atoms with Crippen molar-refractivity contribution in [2.24, 2.45) is 0 Å². The van der Waals surface area contributed by atoms with Gasteiger partial charge in [0.1, 0.15) is 0 Å². The van der Waals surface area contributed by atoms with Crippen LogP contribution in [0.5, 0.6) is 5.75 Å². The molecule has 0 saturated heterocycles. The first-order chi connectivity index (χ1) is 15.1. The summed E-state index contributed by atoms with van der Waals surface area (Å²) in [4.78, 5) is 32.2. The van der Waals surface area contributed by atoms with Gasteiger partial charge in [0.05, 0.1) is 16.1 Å². The fraction of sp³-hybridized carbons (Fsp3) is 0.0476. The first-order valence-corrected chi connectivity index (χ1v) is 9.08. The summed E-state index contributed by atoms with van der Waals surface area (Å²) < 4.78 is 43.2. The van der Waals surface area contributed by atoms with Crippen molar-refractivity contribution in [3.63, 3.8) is 0 Å². The smallest absolute Gasteiger partial charge is 0.420 e. The van der Waals surface area contributed by atoms with E-state index in [0.717, 1.165) is 18.2 Å². The number of carbonyl (C=O) groups excluding carboxylic acids is 2. The van der Waals surface area contributed by atoms with Gasteiger partial charge in [0.25, 0.3) is 18.1 Å². The molecule has 0 aromatic heterocycles. The highest BCUT2D eigenvalue weighted by atomic mass is 35.5. The Morgan fingerprint density at radius 2 is 1.62 bits per heavy atom. The molecule has 0 aliphatic heterocycles. The number of nitro groups is 1. The van der Waals surface area contributed by atoms with Gasteiger partial charge in [0, 0.05) is 22.8 Å². The van der Waals surface area contributed by atoms with Crippen LogP contribution in [-0.4, -0.2) is 17.3 Å². The Kier molecular flexibility index (Phi) is 8.31. The molecular formula is C21H14ClF3N2O5. The first-order valence-electron chi connectivity index (χ1n) is 8.70. The first kappa shape index (κ1) is 24.4. The van der Waals surface area contributed by atoms with E-state index in [-0.39, 0.29) is 12.2 Å². The topological polar surface area (TPSA) is 98.5 Å². The van der Waals surface area contributed by atoms with Gasteiger partial charge in [-0.15, -0.1) is 0 Å². The number of non-ortho nitro benzene ring substituents is 1. The van der Waals surface area contributed by atoms with Gasteiger partial charge in [0.15, 0.2) is 5.75 Å². The second-order valence-electron chi connectivity index (χ2n) is 5.95. The van der Waals surface area contributed by atoms with Crippen molar-refractivity contribution in [2.45, 2.75) is 6.18 Å². The average Bonchev–Trinajstić information content (AvgIpc) is 2.76. The molecule has 0 aliphatic rings. The minimum Gasteiger partial charge on any atom is -0.427 e. The third-order valence-electron chi connectivity index (χ3n) is 3.80. The molecule has 0 atom stereocenters. The maximum atomic E-state index is 12.9. The lowest BCUT2D eigenvalue weighted by Gasteiger charge is -2.14. The van der Waals surface area contributed by atoms with E-state index in [4.69, 9.17) is 11.6 Å². The van der Waals surface area contributed by atoms with E-state index in [0.29, 0.717) is 10.7 Å². The standard InChI is InChI=1S/C15H9ClF3NO3.C6H5NO2/c16-9-4-6-10(7-5-9)20-14(22)11-2-1-3-12(15(17,18)19)13(11)23-8-21;8-7(9)6-4-2-1-3-5-6/h1-8H,(H,20,22);1-5H. The highest BCUT2D eigenvalue weighted by Gasteiger charge is 2.36. The molecule has 0 saturated carbocycles. The summed E-state index contributed by atoms with van der Waals surface area (Å²) in [7, 11) is 0. The van der Waals surface area contributed by atoms with Gasteiger partial charge < -0.3 is 10.1 Å². The molecule has 11 heteroatoms. The molecule has 0 bridgehead atoms. The van der Waals surface area contributed by atoms with E-state index in [9.17, 15) is 32.9 Å². The Morgan fingerprint density at radius 1 is 1.00 bits per heavy atom. The number of benzene rings is 3. The number of hydrogen-bond donors (Lipinski definition) is 1. The molecule has 0 radical (unpaired) electrons. The van der Waals surface area contributed by atoms with Gasteiger partial charge in [-0.3, -0.25) is 19.7 Å². The van der Waals surface area contributed by atoms with Crippen molar-refractivity contribution in [3.8, 4) is 5.75 Å². The maximum absolute atomic E-state index is 12.9. The number of nitrogens with one attached hydrogen (secondary N) is 1. The SMILES string of the molecule is O=COc1c(C(=O)Nc2ccc(Cl)cc2)cccc1C(F)(F)F.O=[N+]([O-])c1ccccc1. The zero-order valence-electron chi connectivity index (χ0n) is 16.0. The largest absolute Gasteiger partial charge is 0.427 e. The second kappa shape index (κ2) is 10.9. The minimum absolute atomic E-state index is 0.137. The molecule has 0 aliphatic carbocycles. The van der Waals surface area contributed by atoms with Crippen LogP contribution in [-0.2, 0) is 11.0 Å². The quantitative estimate of drug-likeness (QED) is 0.293. The van der Waals surface area contributed by atoms with E-state index in [2.05, 4.69) is 10.1 Å². The van der Waals surface area contributed by atoms with Crippen molar-refractivity contribution >= 4 is 35.4 Å². The van der Waals surface area contributed by atoms with Crippen molar-refractivity contribution in [3.05, 3.63) is 99.1 Å². The van der Waals surface area contributed by atoms with Crippen LogP contribution in [0.15, 0.2) is 72.8 Å². The van der Waals surface area contributed by atoms with E-state index in [1.165, 1.54) is 36.4 Å². The molecule has 0 unspecified atom stereocenters. The van der Waals surface area contributed by atoms with Gasteiger partial charge in [-0.1, -0.05) is 35.9 Å². The predicted octanol–water partition coefficient (Wildman–Crippen LogP) is 5.74. The van der Waals surface area contributed by atoms with Gasteiger partial charge >= 0.3 is 6.18 Å². The molecule has 166 valence electrons. The lowest BCUT2D eigenvalue weighted by Crippen LogP contribution is -2.17. The molecule has 32 heavy (non-hydrogen) atoms. The van der Waals surface area contributed by atoms with Crippen molar-refractivity contribution < 1.29 is 32.4 Å². The van der Waals surface area contributed by atoms with Crippen LogP contribution in [0.2, 0.25) is 5.02 Å². The Hall–Kier alpha value is -3.92. The van der Waals surface area contributed by atoms with Gasteiger partial charge in [-0.25, -0.2) is 0 Å². The average molecular weight is 467 g/mol. The third-order valence-corrected chi connectivity index (χ3v) is 4.05. The molecule has 3 rings (SSSR count). The Bertz CT molecular complexity index is 1090. The fourth-order valence-corrected chi connectivity index (χ4v) is 2.52. The molecule has 0 spiro atoms. The molecule has 7 nitrogen and oxygen atoms in total. The minimum atomic E-state index is -4.77. The van der Waals surface area contributed by atoms with Crippen LogP contribution < -0.4 is 10.1 Å². The third kappa shape index (κ3) is 6.81. The molecule has 3 aromatic rings. The highest BCUT2D eigenvalue weighted by molar-refractivity contribution is 6.30. The molecule has 1 amide bonds. The molecule has 0 heterocycles. The van der Waals surface area contributed by atoms with Crippen LogP contribution in [0.4, 0.5) is 24.5 Å². The molecular weight excluding hydrogens is 453 g/mol. The number of nitrogens with zero attached hydrogens (tertiary/aromatic N) is 1. The number of alkyl halides is 3. The summed E-state index contributed by atoms with van der Waals surface area (Å²) in [5.74, 6) is -1.70. The van der Waals surface area contributed by atoms with E-state index in [1.807, 2.05) is 0 Å². The van der Waals surface area contributed by atoms with Crippen LogP contribution >= 0.6 is 11.6 Å². The van der Waals surface area contributed by atoms with E-state index < -0.39 is 33.9 Å². The fourth-order valence-electron chi connectivity index (χ4n) is 2.40. The summed E-state index contributed by atoms with van der Waals surface area (Å²) in [6, 6.07) is 16.8. The summed E-state index contributed by atoms with van der Waals surface area (Å²) in [6.45, 7) is -0.163. The Morgan fingerprint density at radius 3 is 2.12 bits per heavy atom. The normalized spacial score (nSPS) is 10.4. The number of amides is 1. The van der Waals surface area contributed by atoms with Crippen molar-refractivity contribution in [1.29, 1.82) is 0 Å². The number of anilines is 1. The number of nitro benzene ring substituents is 1. The molecule has 3 aromatic carbocycles. The van der Waals surface area contributed by atoms with E-state index in [1.54, 1.807) is 18.2 Å². The maximum Gasteiger partial charge on any atom is 0.420 e. The number of rotatable bonds is 5.